The molecule has 1 saturated heterocycles. The highest BCUT2D eigenvalue weighted by Crippen LogP contribution is 2.32. The van der Waals surface area contributed by atoms with Crippen molar-refractivity contribution in [1.82, 2.24) is 4.90 Å². The molecule has 0 aromatic rings. The van der Waals surface area contributed by atoms with Crippen molar-refractivity contribution < 1.29 is 4.74 Å². The summed E-state index contributed by atoms with van der Waals surface area (Å²) in [6.07, 6.45) is 5.97. The van der Waals surface area contributed by atoms with Crippen LogP contribution in [0.15, 0.2) is 0 Å². The van der Waals surface area contributed by atoms with Gasteiger partial charge in [-0.3, -0.25) is 0 Å². The molecule has 2 atom stereocenters. The summed E-state index contributed by atoms with van der Waals surface area (Å²) in [5.41, 5.74) is 0. The Morgan fingerprint density at radius 1 is 1.29 bits per heavy atom. The average molecular weight is 197 g/mol. The molecule has 1 aliphatic carbocycles. The van der Waals surface area contributed by atoms with Gasteiger partial charge in [-0.2, -0.15) is 0 Å². The molecule has 2 nitrogen and oxygen atoms in total. The molecule has 0 spiro atoms. The monoisotopic (exact) mass is 197 g/mol. The van der Waals surface area contributed by atoms with Gasteiger partial charge in [0.1, 0.15) is 0 Å². The number of likely N-dealkylation sites (tertiary alicyclic amines) is 1. The van der Waals surface area contributed by atoms with Gasteiger partial charge in [0, 0.05) is 26.7 Å². The van der Waals surface area contributed by atoms with Crippen molar-refractivity contribution in [1.29, 1.82) is 0 Å². The summed E-state index contributed by atoms with van der Waals surface area (Å²) in [5, 5.41) is 0. The van der Waals surface area contributed by atoms with Crippen LogP contribution in [-0.4, -0.2) is 37.7 Å². The number of methoxy groups -OCH3 is 1. The van der Waals surface area contributed by atoms with Gasteiger partial charge in [0.2, 0.25) is 0 Å². The van der Waals surface area contributed by atoms with Gasteiger partial charge >= 0.3 is 0 Å². The lowest BCUT2D eigenvalue weighted by molar-refractivity contribution is -0.00880. The summed E-state index contributed by atoms with van der Waals surface area (Å²) < 4.78 is 5.54. The van der Waals surface area contributed by atoms with Crippen molar-refractivity contribution in [2.24, 2.45) is 11.8 Å². The van der Waals surface area contributed by atoms with E-state index in [0.717, 1.165) is 11.8 Å². The van der Waals surface area contributed by atoms with Gasteiger partial charge in [-0.1, -0.05) is 6.92 Å². The number of rotatable bonds is 4. The van der Waals surface area contributed by atoms with E-state index in [1.54, 1.807) is 0 Å². The van der Waals surface area contributed by atoms with Crippen LogP contribution >= 0.6 is 0 Å². The minimum Gasteiger partial charge on any atom is -0.381 e. The van der Waals surface area contributed by atoms with Crippen LogP contribution in [0, 0.1) is 11.8 Å². The second kappa shape index (κ2) is 4.63. The number of hydrogen-bond acceptors (Lipinski definition) is 2. The maximum atomic E-state index is 5.54. The summed E-state index contributed by atoms with van der Waals surface area (Å²) >= 11 is 0. The van der Waals surface area contributed by atoms with E-state index in [1.165, 1.54) is 45.3 Å². The van der Waals surface area contributed by atoms with E-state index in [9.17, 15) is 0 Å². The molecule has 1 saturated carbocycles. The number of nitrogens with zero attached hydrogens (tertiary/aromatic N) is 1. The van der Waals surface area contributed by atoms with E-state index in [4.69, 9.17) is 4.74 Å². The van der Waals surface area contributed by atoms with Crippen molar-refractivity contribution in [3.05, 3.63) is 0 Å². The second-order valence-electron chi connectivity index (χ2n) is 4.93. The first kappa shape index (κ1) is 10.4. The molecular formula is C12H23NO. The summed E-state index contributed by atoms with van der Waals surface area (Å²) in [5.74, 6) is 1.80. The fraction of sp³-hybridized carbons (Fsp3) is 1.00. The quantitative estimate of drug-likeness (QED) is 0.684. The molecule has 0 unspecified atom stereocenters. The zero-order valence-electron chi connectivity index (χ0n) is 9.54. The van der Waals surface area contributed by atoms with Crippen LogP contribution in [0.1, 0.15) is 32.6 Å². The maximum Gasteiger partial charge on any atom is 0.0623 e. The summed E-state index contributed by atoms with van der Waals surface area (Å²) in [6.45, 7) is 6.17. The zero-order chi connectivity index (χ0) is 9.97. The van der Waals surface area contributed by atoms with Crippen LogP contribution in [0.5, 0.6) is 0 Å². The normalized spacial score (nSPS) is 34.7. The summed E-state index contributed by atoms with van der Waals surface area (Å²) in [7, 11) is 1.86. The SMILES string of the molecule is CC[C@@H]1CN(CC2CC2)CC[C@@H]1OC. The smallest absolute Gasteiger partial charge is 0.0623 e. The van der Waals surface area contributed by atoms with Crippen LogP contribution in [-0.2, 0) is 4.74 Å². The van der Waals surface area contributed by atoms with Crippen molar-refractivity contribution in [2.45, 2.75) is 38.7 Å². The molecule has 0 radical (unpaired) electrons. The first-order chi connectivity index (χ1) is 6.83. The van der Waals surface area contributed by atoms with Crippen molar-refractivity contribution in [3.8, 4) is 0 Å². The Morgan fingerprint density at radius 3 is 2.64 bits per heavy atom. The lowest BCUT2D eigenvalue weighted by Gasteiger charge is -2.37. The molecular weight excluding hydrogens is 174 g/mol. The molecule has 2 heteroatoms. The topological polar surface area (TPSA) is 12.5 Å². The first-order valence-electron chi connectivity index (χ1n) is 6.08. The number of hydrogen-bond donors (Lipinski definition) is 0. The fourth-order valence-electron chi connectivity index (χ4n) is 2.62. The molecule has 0 bridgehead atoms. The van der Waals surface area contributed by atoms with Crippen LogP contribution < -0.4 is 0 Å². The van der Waals surface area contributed by atoms with Crippen molar-refractivity contribution in [2.75, 3.05) is 26.7 Å². The third-order valence-electron chi connectivity index (χ3n) is 3.79. The Hall–Kier alpha value is -0.0800. The highest BCUT2D eigenvalue weighted by Gasteiger charge is 2.31. The predicted octanol–water partition coefficient (Wildman–Crippen LogP) is 2.14. The van der Waals surface area contributed by atoms with Crippen molar-refractivity contribution in [3.63, 3.8) is 0 Å². The molecule has 1 heterocycles. The lowest BCUT2D eigenvalue weighted by Crippen LogP contribution is -2.44. The van der Waals surface area contributed by atoms with Gasteiger partial charge in [0.05, 0.1) is 6.10 Å². The van der Waals surface area contributed by atoms with Gasteiger partial charge in [-0.15, -0.1) is 0 Å². The summed E-state index contributed by atoms with van der Waals surface area (Å²) in [4.78, 5) is 2.65. The van der Waals surface area contributed by atoms with Gasteiger partial charge in [-0.25, -0.2) is 0 Å². The average Bonchev–Trinajstić information content (AvgIpc) is 3.01. The Balaban J connectivity index is 1.80. The molecule has 82 valence electrons. The number of piperidine rings is 1. The van der Waals surface area contributed by atoms with E-state index in [0.29, 0.717) is 6.10 Å². The van der Waals surface area contributed by atoms with Crippen LogP contribution in [0.3, 0.4) is 0 Å². The van der Waals surface area contributed by atoms with Crippen LogP contribution in [0.4, 0.5) is 0 Å². The maximum absolute atomic E-state index is 5.54. The third kappa shape index (κ3) is 2.48. The van der Waals surface area contributed by atoms with Gasteiger partial charge in [0.15, 0.2) is 0 Å². The molecule has 0 N–H and O–H groups in total. The number of ether oxygens (including phenoxy) is 1. The molecule has 2 fully saturated rings. The zero-order valence-corrected chi connectivity index (χ0v) is 9.54. The predicted molar refractivity (Wildman–Crippen MR) is 58.4 cm³/mol. The molecule has 14 heavy (non-hydrogen) atoms. The van der Waals surface area contributed by atoms with Gasteiger partial charge < -0.3 is 9.64 Å². The minimum absolute atomic E-state index is 0.524. The highest BCUT2D eigenvalue weighted by atomic mass is 16.5. The van der Waals surface area contributed by atoms with Gasteiger partial charge in [0.25, 0.3) is 0 Å². The van der Waals surface area contributed by atoms with E-state index in [-0.39, 0.29) is 0 Å². The molecule has 2 rings (SSSR count). The first-order valence-corrected chi connectivity index (χ1v) is 6.08. The van der Waals surface area contributed by atoms with E-state index < -0.39 is 0 Å². The minimum atomic E-state index is 0.524. The van der Waals surface area contributed by atoms with Gasteiger partial charge in [-0.05, 0) is 37.5 Å². The Morgan fingerprint density at radius 2 is 2.07 bits per heavy atom. The highest BCUT2D eigenvalue weighted by molar-refractivity contribution is 4.84. The van der Waals surface area contributed by atoms with E-state index in [1.807, 2.05) is 7.11 Å². The van der Waals surface area contributed by atoms with E-state index in [2.05, 4.69) is 11.8 Å². The van der Waals surface area contributed by atoms with Crippen LogP contribution in [0.25, 0.3) is 0 Å². The fourth-order valence-corrected chi connectivity index (χ4v) is 2.62. The molecule has 2 aliphatic rings. The van der Waals surface area contributed by atoms with E-state index >= 15 is 0 Å². The molecule has 0 amide bonds. The Kier molecular flexibility index (Phi) is 3.45. The third-order valence-corrected chi connectivity index (χ3v) is 3.79. The van der Waals surface area contributed by atoms with Crippen molar-refractivity contribution >= 4 is 0 Å². The summed E-state index contributed by atoms with van der Waals surface area (Å²) in [6, 6.07) is 0. The molecule has 0 aromatic heterocycles. The van der Waals surface area contributed by atoms with Crippen LogP contribution in [0.2, 0.25) is 0 Å². The Labute approximate surface area is 87.6 Å². The Bertz CT molecular complexity index is 179. The standard InChI is InChI=1S/C12H23NO/c1-3-11-9-13(8-10-4-5-10)7-6-12(11)14-2/h10-12H,3-9H2,1-2H3/t11-,12+/m1/s1. The molecule has 1 aliphatic heterocycles. The molecule has 0 aromatic carbocycles. The lowest BCUT2D eigenvalue weighted by atomic mass is 9.92. The largest absolute Gasteiger partial charge is 0.381 e. The second-order valence-corrected chi connectivity index (χ2v) is 4.93.